The summed E-state index contributed by atoms with van der Waals surface area (Å²) in [5.41, 5.74) is 1.76. The monoisotopic (exact) mass is 519 g/mol. The Kier molecular flexibility index (Phi) is 7.35. The first kappa shape index (κ1) is 27.6. The standard InChI is InChI=1S/C31H51F2N3O/c1-29(2,3)12-19-15-34-17-23(33)26(19)18-8-7-9-20(10-18)31(6)22-11-21(32)16-35-28(22)36-24-13-30(4,5)14-25(37)27(24)31/h18-23,26,28,34-36H,7-17H2,1-6H3/t18?,19?,20?,21?,22?,23?,26?,28?,31-/m0/s1. The van der Waals surface area contributed by atoms with Gasteiger partial charge in [0.05, 0.1) is 6.17 Å². The van der Waals surface area contributed by atoms with E-state index in [4.69, 9.17) is 0 Å². The zero-order valence-corrected chi connectivity index (χ0v) is 24.1. The van der Waals surface area contributed by atoms with Gasteiger partial charge in [-0.05, 0) is 73.2 Å². The molecule has 2 aliphatic carbocycles. The van der Waals surface area contributed by atoms with E-state index in [0.717, 1.165) is 56.3 Å². The van der Waals surface area contributed by atoms with E-state index in [2.05, 4.69) is 57.5 Å². The molecule has 210 valence electrons. The predicted octanol–water partition coefficient (Wildman–Crippen LogP) is 5.93. The third-order valence-corrected chi connectivity index (χ3v) is 10.7. The average molecular weight is 520 g/mol. The molecule has 0 aromatic carbocycles. The molecule has 3 aliphatic heterocycles. The molecule has 5 aliphatic rings. The molecule has 0 aromatic heterocycles. The summed E-state index contributed by atoms with van der Waals surface area (Å²) in [7, 11) is 0. The lowest BCUT2D eigenvalue weighted by Gasteiger charge is -2.58. The number of halogens is 2. The fourth-order valence-electron chi connectivity index (χ4n) is 9.36. The third kappa shape index (κ3) is 5.27. The van der Waals surface area contributed by atoms with Gasteiger partial charge in [-0.2, -0.15) is 0 Å². The Morgan fingerprint density at radius 3 is 2.49 bits per heavy atom. The van der Waals surface area contributed by atoms with Gasteiger partial charge in [-0.25, -0.2) is 8.78 Å². The fraction of sp³-hybridized carbons (Fsp3) is 0.903. The second-order valence-electron chi connectivity index (χ2n) is 15.4. The van der Waals surface area contributed by atoms with Gasteiger partial charge in [-0.15, -0.1) is 0 Å². The van der Waals surface area contributed by atoms with Crippen molar-refractivity contribution in [1.82, 2.24) is 16.0 Å². The summed E-state index contributed by atoms with van der Waals surface area (Å²) in [5.74, 6) is 1.28. The maximum Gasteiger partial charge on any atom is 0.161 e. The molecule has 4 nitrogen and oxygen atoms in total. The predicted molar refractivity (Wildman–Crippen MR) is 145 cm³/mol. The molecule has 3 fully saturated rings. The van der Waals surface area contributed by atoms with Crippen molar-refractivity contribution in [2.75, 3.05) is 19.6 Å². The molecule has 1 saturated carbocycles. The summed E-state index contributed by atoms with van der Waals surface area (Å²) in [6, 6.07) is 0. The van der Waals surface area contributed by atoms with Crippen LogP contribution in [-0.2, 0) is 4.79 Å². The highest BCUT2D eigenvalue weighted by molar-refractivity contribution is 5.99. The number of ketones is 1. The highest BCUT2D eigenvalue weighted by atomic mass is 19.1. The van der Waals surface area contributed by atoms with Crippen LogP contribution in [-0.4, -0.2) is 43.9 Å². The molecule has 2 saturated heterocycles. The molecule has 0 radical (unpaired) electrons. The van der Waals surface area contributed by atoms with Crippen molar-refractivity contribution < 1.29 is 13.6 Å². The van der Waals surface area contributed by atoms with Gasteiger partial charge in [0.25, 0.3) is 0 Å². The van der Waals surface area contributed by atoms with Gasteiger partial charge in [0.15, 0.2) is 5.78 Å². The lowest BCUT2D eigenvalue weighted by Crippen LogP contribution is -2.65. The molecule has 9 atom stereocenters. The smallest absolute Gasteiger partial charge is 0.161 e. The van der Waals surface area contributed by atoms with Crippen LogP contribution in [0.25, 0.3) is 0 Å². The molecule has 0 bridgehead atoms. The van der Waals surface area contributed by atoms with Crippen LogP contribution in [0.5, 0.6) is 0 Å². The molecule has 3 N–H and O–H groups in total. The minimum absolute atomic E-state index is 0.000676. The van der Waals surface area contributed by atoms with Crippen LogP contribution in [0.3, 0.4) is 0 Å². The number of hydrogen-bond acceptors (Lipinski definition) is 4. The SMILES string of the molecule is CC(C)(C)CC1CNCC(F)C1C1CCCC([C@]2(C)C3=C(CC(C)(C)CC3=O)NC3NCC(F)CC32)C1. The maximum atomic E-state index is 15.7. The number of Topliss-reactive ketones (excluding diaryl/α,β-unsaturated/α-hetero) is 1. The lowest BCUT2D eigenvalue weighted by atomic mass is 9.51. The largest absolute Gasteiger partial charge is 0.373 e. The first-order valence-electron chi connectivity index (χ1n) is 15.0. The van der Waals surface area contributed by atoms with Crippen molar-refractivity contribution in [2.24, 2.45) is 45.8 Å². The van der Waals surface area contributed by atoms with E-state index in [9.17, 15) is 9.18 Å². The molecule has 3 heterocycles. The van der Waals surface area contributed by atoms with Crippen LogP contribution < -0.4 is 16.0 Å². The molecule has 0 aromatic rings. The topological polar surface area (TPSA) is 53.2 Å². The van der Waals surface area contributed by atoms with Crippen LogP contribution in [0.15, 0.2) is 11.3 Å². The normalized spacial score (nSPS) is 44.6. The van der Waals surface area contributed by atoms with Crippen LogP contribution in [0, 0.1) is 45.8 Å². The minimum atomic E-state index is -0.894. The van der Waals surface area contributed by atoms with Gasteiger partial charge in [0, 0.05) is 42.1 Å². The summed E-state index contributed by atoms with van der Waals surface area (Å²) in [5, 5.41) is 10.5. The highest BCUT2D eigenvalue weighted by Crippen LogP contribution is 2.59. The number of fused-ring (bicyclic) bond motifs is 1. The van der Waals surface area contributed by atoms with Crippen molar-refractivity contribution in [3.05, 3.63) is 11.3 Å². The fourth-order valence-corrected chi connectivity index (χ4v) is 9.36. The maximum absolute atomic E-state index is 15.7. The van der Waals surface area contributed by atoms with Crippen molar-refractivity contribution in [2.45, 2.75) is 111 Å². The van der Waals surface area contributed by atoms with Crippen molar-refractivity contribution in [1.29, 1.82) is 0 Å². The molecule has 37 heavy (non-hydrogen) atoms. The second kappa shape index (κ2) is 9.87. The number of carbonyl (C=O) groups excluding carboxylic acids is 1. The molecule has 8 unspecified atom stereocenters. The van der Waals surface area contributed by atoms with Crippen molar-refractivity contribution >= 4 is 5.78 Å². The van der Waals surface area contributed by atoms with Gasteiger partial charge in [-0.3, -0.25) is 10.1 Å². The number of alkyl halides is 2. The first-order chi connectivity index (χ1) is 17.3. The van der Waals surface area contributed by atoms with Crippen molar-refractivity contribution in [3.63, 3.8) is 0 Å². The number of carbonyl (C=O) groups is 1. The number of rotatable bonds is 3. The van der Waals surface area contributed by atoms with E-state index in [0.29, 0.717) is 37.8 Å². The van der Waals surface area contributed by atoms with Crippen LogP contribution >= 0.6 is 0 Å². The van der Waals surface area contributed by atoms with Gasteiger partial charge in [0.1, 0.15) is 12.3 Å². The van der Waals surface area contributed by atoms with E-state index in [1.165, 1.54) is 0 Å². The lowest BCUT2D eigenvalue weighted by molar-refractivity contribution is -0.122. The van der Waals surface area contributed by atoms with E-state index < -0.39 is 12.3 Å². The number of piperidine rings is 2. The van der Waals surface area contributed by atoms with E-state index >= 15 is 4.39 Å². The third-order valence-electron chi connectivity index (χ3n) is 10.7. The van der Waals surface area contributed by atoms with Crippen LogP contribution in [0.1, 0.15) is 92.9 Å². The minimum Gasteiger partial charge on any atom is -0.373 e. The Morgan fingerprint density at radius 2 is 1.76 bits per heavy atom. The highest BCUT2D eigenvalue weighted by Gasteiger charge is 2.57. The molecular weight excluding hydrogens is 468 g/mol. The molecule has 0 spiro atoms. The van der Waals surface area contributed by atoms with Gasteiger partial charge in [-0.1, -0.05) is 54.4 Å². The zero-order valence-electron chi connectivity index (χ0n) is 24.1. The Bertz CT molecular complexity index is 911. The van der Waals surface area contributed by atoms with Gasteiger partial charge < -0.3 is 10.6 Å². The summed E-state index contributed by atoms with van der Waals surface area (Å²) in [4.78, 5) is 13.8. The van der Waals surface area contributed by atoms with Crippen molar-refractivity contribution in [3.8, 4) is 0 Å². The van der Waals surface area contributed by atoms with Crippen LogP contribution in [0.4, 0.5) is 8.78 Å². The number of nitrogens with one attached hydrogen (secondary N) is 3. The molecule has 0 amide bonds. The Labute approximate surface area is 223 Å². The Morgan fingerprint density at radius 1 is 1.00 bits per heavy atom. The second-order valence-corrected chi connectivity index (χ2v) is 15.4. The summed E-state index contributed by atoms with van der Waals surface area (Å²) < 4.78 is 30.6. The summed E-state index contributed by atoms with van der Waals surface area (Å²) in [6.07, 6.45) is 5.35. The van der Waals surface area contributed by atoms with Gasteiger partial charge >= 0.3 is 0 Å². The van der Waals surface area contributed by atoms with E-state index in [-0.39, 0.29) is 45.9 Å². The van der Waals surface area contributed by atoms with Crippen LogP contribution in [0.2, 0.25) is 0 Å². The molecule has 6 heteroatoms. The zero-order chi connectivity index (χ0) is 26.8. The first-order valence-corrected chi connectivity index (χ1v) is 15.0. The Balaban J connectivity index is 1.49. The number of allylic oxidation sites excluding steroid dienone is 2. The van der Waals surface area contributed by atoms with E-state index in [1.807, 2.05) is 0 Å². The summed E-state index contributed by atoms with van der Waals surface area (Å²) >= 11 is 0. The quantitative estimate of drug-likeness (QED) is 0.433. The molecule has 5 rings (SSSR count). The molecular formula is C31H51F2N3O. The number of hydrogen-bond donors (Lipinski definition) is 3. The average Bonchev–Trinajstić information content (AvgIpc) is 2.77. The van der Waals surface area contributed by atoms with Gasteiger partial charge in [0.2, 0.25) is 0 Å². The Hall–Kier alpha value is -1.01. The summed E-state index contributed by atoms with van der Waals surface area (Å²) in [6.45, 7) is 15.1. The van der Waals surface area contributed by atoms with E-state index in [1.54, 1.807) is 0 Å².